The lowest BCUT2D eigenvalue weighted by Gasteiger charge is -2.35. The molecular weight excluding hydrogens is 452 g/mol. The number of hydrogen-bond donors (Lipinski definition) is 2. The number of nitrogens with zero attached hydrogens (tertiary/aromatic N) is 5. The first kappa shape index (κ1) is 21.9. The van der Waals surface area contributed by atoms with Gasteiger partial charge >= 0.3 is 5.97 Å². The summed E-state index contributed by atoms with van der Waals surface area (Å²) in [6.45, 7) is 3.20. The van der Waals surface area contributed by atoms with Crippen LogP contribution in [0.1, 0.15) is 11.1 Å². The number of rotatable bonds is 5. The Labute approximate surface area is 200 Å². The van der Waals surface area contributed by atoms with Gasteiger partial charge in [-0.15, -0.1) is 0 Å². The molecule has 2 aliphatic heterocycles. The highest BCUT2D eigenvalue weighted by molar-refractivity contribution is 8.04. The molecule has 34 heavy (non-hydrogen) atoms. The summed E-state index contributed by atoms with van der Waals surface area (Å²) < 4.78 is 0. The molecule has 9 nitrogen and oxygen atoms in total. The number of carbonyl (C=O) groups excluding carboxylic acids is 1. The van der Waals surface area contributed by atoms with Crippen LogP contribution in [0.3, 0.4) is 0 Å². The van der Waals surface area contributed by atoms with E-state index in [1.807, 2.05) is 18.2 Å². The smallest absolute Gasteiger partial charge is 0.307 e. The van der Waals surface area contributed by atoms with Crippen molar-refractivity contribution in [3.63, 3.8) is 0 Å². The maximum absolute atomic E-state index is 12.6. The van der Waals surface area contributed by atoms with Gasteiger partial charge in [-0.25, -0.2) is 15.0 Å². The fraction of sp³-hybridized carbons (Fsp3) is 0.208. The predicted octanol–water partition coefficient (Wildman–Crippen LogP) is 2.91. The van der Waals surface area contributed by atoms with Crippen LogP contribution in [0, 0.1) is 0 Å². The van der Waals surface area contributed by atoms with Gasteiger partial charge in [-0.3, -0.25) is 9.59 Å². The second kappa shape index (κ2) is 9.52. The summed E-state index contributed by atoms with van der Waals surface area (Å²) in [6.07, 6.45) is 5.21. The molecule has 1 fully saturated rings. The van der Waals surface area contributed by atoms with E-state index in [-0.39, 0.29) is 12.3 Å². The summed E-state index contributed by atoms with van der Waals surface area (Å²) in [4.78, 5) is 42.0. The number of hydrogen-bond acceptors (Lipinski definition) is 8. The van der Waals surface area contributed by atoms with Crippen molar-refractivity contribution >= 4 is 47.2 Å². The molecule has 4 heterocycles. The van der Waals surface area contributed by atoms with Crippen LogP contribution >= 0.6 is 11.8 Å². The van der Waals surface area contributed by atoms with E-state index in [9.17, 15) is 9.59 Å². The van der Waals surface area contributed by atoms with E-state index in [0.29, 0.717) is 27.1 Å². The number of fused-ring (bicyclic) bond motifs is 1. The molecule has 2 N–H and O–H groups in total. The van der Waals surface area contributed by atoms with Crippen molar-refractivity contribution in [2.24, 2.45) is 0 Å². The molecule has 0 atom stereocenters. The first-order valence-corrected chi connectivity index (χ1v) is 11.7. The number of piperazine rings is 1. The molecule has 1 aromatic carbocycles. The van der Waals surface area contributed by atoms with E-state index < -0.39 is 5.97 Å². The molecule has 0 spiro atoms. The highest BCUT2D eigenvalue weighted by atomic mass is 32.2. The second-order valence-corrected chi connectivity index (χ2v) is 8.96. The van der Waals surface area contributed by atoms with Gasteiger partial charge in [0.1, 0.15) is 10.8 Å². The first-order valence-electron chi connectivity index (χ1n) is 10.8. The monoisotopic (exact) mass is 474 g/mol. The first-order chi connectivity index (χ1) is 16.5. The van der Waals surface area contributed by atoms with Gasteiger partial charge < -0.3 is 20.2 Å². The number of nitrogens with one attached hydrogen (secondary N) is 1. The highest BCUT2D eigenvalue weighted by Gasteiger charge is 2.26. The van der Waals surface area contributed by atoms with E-state index >= 15 is 0 Å². The van der Waals surface area contributed by atoms with Crippen LogP contribution in [0.25, 0.3) is 6.08 Å². The fourth-order valence-electron chi connectivity index (χ4n) is 3.84. The molecule has 0 saturated carbocycles. The van der Waals surface area contributed by atoms with Crippen LogP contribution < -0.4 is 15.1 Å². The van der Waals surface area contributed by atoms with Crippen molar-refractivity contribution in [2.75, 3.05) is 41.3 Å². The average Bonchev–Trinajstić information content (AvgIpc) is 2.86. The van der Waals surface area contributed by atoms with Crippen molar-refractivity contribution in [1.29, 1.82) is 0 Å². The minimum atomic E-state index is -0.876. The third-order valence-corrected chi connectivity index (χ3v) is 6.62. The van der Waals surface area contributed by atoms with Crippen molar-refractivity contribution in [1.82, 2.24) is 15.0 Å². The number of carboxylic acids is 1. The van der Waals surface area contributed by atoms with E-state index in [1.54, 1.807) is 42.7 Å². The number of carbonyl (C=O) groups is 2. The summed E-state index contributed by atoms with van der Waals surface area (Å²) in [5.74, 6) is 0.518. The Hall–Kier alpha value is -3.92. The van der Waals surface area contributed by atoms with Crippen molar-refractivity contribution in [3.8, 4) is 0 Å². The molecule has 2 aromatic heterocycles. The van der Waals surface area contributed by atoms with Gasteiger partial charge in [-0.2, -0.15) is 0 Å². The number of aliphatic carboxylic acids is 1. The highest BCUT2D eigenvalue weighted by Crippen LogP contribution is 2.38. The van der Waals surface area contributed by atoms with Gasteiger partial charge in [-0.05, 0) is 29.3 Å². The molecule has 0 radical (unpaired) electrons. The third-order valence-electron chi connectivity index (χ3n) is 5.59. The summed E-state index contributed by atoms with van der Waals surface area (Å²) in [7, 11) is 0. The predicted molar refractivity (Wildman–Crippen MR) is 131 cm³/mol. The molecular formula is C24H22N6O3S. The van der Waals surface area contributed by atoms with Gasteiger partial charge in [0.2, 0.25) is 5.95 Å². The number of aromatic nitrogens is 3. The van der Waals surface area contributed by atoms with Gasteiger partial charge in [0.05, 0.1) is 23.2 Å². The van der Waals surface area contributed by atoms with Crippen LogP contribution in [-0.2, 0) is 16.0 Å². The quantitative estimate of drug-likeness (QED) is 0.426. The zero-order valence-electron chi connectivity index (χ0n) is 18.2. The Morgan fingerprint density at radius 3 is 2.53 bits per heavy atom. The van der Waals surface area contributed by atoms with Crippen LogP contribution in [0.4, 0.5) is 17.5 Å². The lowest BCUT2D eigenvalue weighted by molar-refractivity contribution is -0.136. The van der Waals surface area contributed by atoms with Crippen LogP contribution in [0.15, 0.2) is 64.8 Å². The Morgan fingerprint density at radius 1 is 1.06 bits per heavy atom. The van der Waals surface area contributed by atoms with Gasteiger partial charge in [0.25, 0.3) is 5.91 Å². The minimum Gasteiger partial charge on any atom is -0.481 e. The number of anilines is 3. The van der Waals surface area contributed by atoms with Crippen molar-refractivity contribution in [3.05, 3.63) is 70.9 Å². The van der Waals surface area contributed by atoms with E-state index in [2.05, 4.69) is 25.1 Å². The molecule has 2 aliphatic rings. The fourth-order valence-corrected chi connectivity index (χ4v) is 4.72. The van der Waals surface area contributed by atoms with Crippen LogP contribution in [0.5, 0.6) is 0 Å². The van der Waals surface area contributed by atoms with Gasteiger partial charge in [0.15, 0.2) is 0 Å². The van der Waals surface area contributed by atoms with E-state index in [0.717, 1.165) is 37.6 Å². The van der Waals surface area contributed by atoms with Crippen LogP contribution in [0.2, 0.25) is 0 Å². The minimum absolute atomic E-state index is 0.0325. The third kappa shape index (κ3) is 4.86. The summed E-state index contributed by atoms with van der Waals surface area (Å²) >= 11 is 1.31. The number of benzene rings is 1. The normalized spacial score (nSPS) is 16.8. The molecule has 0 bridgehead atoms. The average molecular weight is 475 g/mol. The zero-order valence-corrected chi connectivity index (χ0v) is 19.0. The van der Waals surface area contributed by atoms with Gasteiger partial charge in [0, 0.05) is 32.4 Å². The lowest BCUT2D eigenvalue weighted by Crippen LogP contribution is -2.47. The van der Waals surface area contributed by atoms with E-state index in [1.165, 1.54) is 11.8 Å². The Kier molecular flexibility index (Phi) is 6.13. The number of pyridine rings is 1. The maximum atomic E-state index is 12.6. The molecule has 10 heteroatoms. The Balaban J connectivity index is 1.29. The maximum Gasteiger partial charge on any atom is 0.307 e. The molecule has 0 aliphatic carbocycles. The molecule has 172 valence electrons. The second-order valence-electron chi connectivity index (χ2n) is 7.93. The Bertz CT molecular complexity index is 1240. The summed E-state index contributed by atoms with van der Waals surface area (Å²) in [5.41, 5.74) is 2.12. The van der Waals surface area contributed by atoms with Crippen LogP contribution in [-0.4, -0.2) is 58.1 Å². The SMILES string of the molecule is O=C(O)Cc1ccc(/C=C2/Sc3nc(N4CCN(c5ccccn5)CC4)ncc3NC2=O)cc1. The van der Waals surface area contributed by atoms with Crippen molar-refractivity contribution in [2.45, 2.75) is 11.4 Å². The van der Waals surface area contributed by atoms with E-state index in [4.69, 9.17) is 10.1 Å². The largest absolute Gasteiger partial charge is 0.481 e. The molecule has 1 saturated heterocycles. The number of amides is 1. The van der Waals surface area contributed by atoms with Gasteiger partial charge in [-0.1, -0.05) is 42.1 Å². The Morgan fingerprint density at radius 2 is 1.82 bits per heavy atom. The van der Waals surface area contributed by atoms with Crippen molar-refractivity contribution < 1.29 is 14.7 Å². The molecule has 0 unspecified atom stereocenters. The summed E-state index contributed by atoms with van der Waals surface area (Å²) in [6, 6.07) is 13.0. The molecule has 1 amide bonds. The molecule has 3 aromatic rings. The zero-order chi connectivity index (χ0) is 23.5. The lowest BCUT2D eigenvalue weighted by atomic mass is 10.1. The molecule has 5 rings (SSSR count). The standard InChI is InChI=1S/C24H22N6O3S/c31-21(32)14-17-6-4-16(5-7-17)13-19-22(33)27-18-15-26-24(28-23(18)34-19)30-11-9-29(10-12-30)20-3-1-2-8-25-20/h1-8,13,15H,9-12,14H2,(H,27,33)(H,31,32)/b19-13+. The topological polar surface area (TPSA) is 112 Å². The number of thioether (sulfide) groups is 1. The number of carboxylic acid groups (broad SMARTS) is 1. The summed E-state index contributed by atoms with van der Waals surface area (Å²) in [5, 5.41) is 12.5.